The average Bonchev–Trinajstić information content (AvgIpc) is 2.72. The minimum Gasteiger partial charge on any atom is -0.296 e. The topological polar surface area (TPSA) is 34.0 Å². The summed E-state index contributed by atoms with van der Waals surface area (Å²) in [6, 6.07) is 0.388. The first-order valence-corrected chi connectivity index (χ1v) is 7.24. The summed E-state index contributed by atoms with van der Waals surface area (Å²) in [6.45, 7) is 9.80. The predicted molar refractivity (Wildman–Crippen MR) is 72.2 cm³/mol. The van der Waals surface area contributed by atoms with Gasteiger partial charge in [0.05, 0.1) is 6.54 Å². The first-order chi connectivity index (χ1) is 8.08. The van der Waals surface area contributed by atoms with Crippen molar-refractivity contribution in [2.75, 3.05) is 13.1 Å². The lowest BCUT2D eigenvalue weighted by atomic mass is 10.0. The number of nitrogens with zero attached hydrogens (tertiary/aromatic N) is 4. The van der Waals surface area contributed by atoms with Crippen LogP contribution >= 0.6 is 15.9 Å². The molecule has 1 aliphatic heterocycles. The van der Waals surface area contributed by atoms with Crippen LogP contribution in [-0.4, -0.2) is 37.6 Å². The van der Waals surface area contributed by atoms with Crippen molar-refractivity contribution in [3.8, 4) is 0 Å². The molecule has 0 bridgehead atoms. The van der Waals surface area contributed by atoms with Gasteiger partial charge in [-0.3, -0.25) is 4.90 Å². The monoisotopic (exact) mass is 300 g/mol. The summed E-state index contributed by atoms with van der Waals surface area (Å²) in [7, 11) is 0. The van der Waals surface area contributed by atoms with E-state index in [1.54, 1.807) is 6.33 Å². The Morgan fingerprint density at radius 1 is 1.53 bits per heavy atom. The van der Waals surface area contributed by atoms with E-state index in [9.17, 15) is 0 Å². The third-order valence-electron chi connectivity index (χ3n) is 3.39. The Morgan fingerprint density at radius 3 is 2.94 bits per heavy atom. The van der Waals surface area contributed by atoms with Crippen molar-refractivity contribution in [1.29, 1.82) is 0 Å². The number of halogens is 1. The lowest BCUT2D eigenvalue weighted by molar-refractivity contribution is 0.176. The maximum Gasteiger partial charge on any atom is 0.141 e. The Hall–Kier alpha value is -0.420. The Labute approximate surface area is 112 Å². The maximum absolute atomic E-state index is 4.37. The number of aromatic nitrogens is 3. The largest absolute Gasteiger partial charge is 0.296 e. The molecule has 2 unspecified atom stereocenters. The molecule has 5 heteroatoms. The van der Waals surface area contributed by atoms with Crippen LogP contribution in [0, 0.1) is 5.92 Å². The standard InChI is InChI=1S/C12H21BrN4/c1-9(2)17-12(14-8-15-17)7-16-5-4-11(13)10(3)6-16/h8-11H,4-7H2,1-3H3. The maximum atomic E-state index is 4.37. The van der Waals surface area contributed by atoms with Crippen molar-refractivity contribution in [3.63, 3.8) is 0 Å². The van der Waals surface area contributed by atoms with Crippen LogP contribution in [0.4, 0.5) is 0 Å². The summed E-state index contributed by atoms with van der Waals surface area (Å²) in [5.41, 5.74) is 0. The fraction of sp³-hybridized carbons (Fsp3) is 0.833. The van der Waals surface area contributed by atoms with Gasteiger partial charge >= 0.3 is 0 Å². The first-order valence-electron chi connectivity index (χ1n) is 6.32. The molecule has 96 valence electrons. The molecule has 2 heterocycles. The minimum absolute atomic E-state index is 0.388. The van der Waals surface area contributed by atoms with Gasteiger partial charge in [0.2, 0.25) is 0 Å². The van der Waals surface area contributed by atoms with Gasteiger partial charge in [-0.1, -0.05) is 22.9 Å². The van der Waals surface area contributed by atoms with E-state index >= 15 is 0 Å². The first kappa shape index (κ1) is 13.0. The van der Waals surface area contributed by atoms with Crippen molar-refractivity contribution in [2.45, 2.75) is 44.6 Å². The van der Waals surface area contributed by atoms with E-state index in [4.69, 9.17) is 0 Å². The molecule has 0 radical (unpaired) electrons. The van der Waals surface area contributed by atoms with Gasteiger partial charge in [0.1, 0.15) is 12.2 Å². The molecule has 1 aromatic rings. The zero-order chi connectivity index (χ0) is 12.4. The summed E-state index contributed by atoms with van der Waals surface area (Å²) < 4.78 is 2.02. The van der Waals surface area contributed by atoms with Gasteiger partial charge in [-0.05, 0) is 32.7 Å². The SMILES string of the molecule is CC1CN(Cc2ncnn2C(C)C)CCC1Br. The third kappa shape index (κ3) is 3.07. The van der Waals surface area contributed by atoms with Crippen LogP contribution in [0.3, 0.4) is 0 Å². The molecular formula is C12H21BrN4. The molecular weight excluding hydrogens is 280 g/mol. The molecule has 1 aromatic heterocycles. The second-order valence-electron chi connectivity index (χ2n) is 5.23. The van der Waals surface area contributed by atoms with Gasteiger partial charge < -0.3 is 0 Å². The summed E-state index contributed by atoms with van der Waals surface area (Å²) in [5, 5.41) is 4.28. The van der Waals surface area contributed by atoms with Crippen molar-refractivity contribution >= 4 is 15.9 Å². The van der Waals surface area contributed by atoms with E-state index in [0.29, 0.717) is 16.8 Å². The smallest absolute Gasteiger partial charge is 0.141 e. The van der Waals surface area contributed by atoms with Crippen LogP contribution in [0.15, 0.2) is 6.33 Å². The van der Waals surface area contributed by atoms with Crippen molar-refractivity contribution in [2.24, 2.45) is 5.92 Å². The predicted octanol–water partition coefficient (Wildman–Crippen LogP) is 2.46. The average molecular weight is 301 g/mol. The molecule has 2 rings (SSSR count). The Kier molecular flexibility index (Phi) is 4.20. The van der Waals surface area contributed by atoms with E-state index in [2.05, 4.69) is 51.7 Å². The lowest BCUT2D eigenvalue weighted by Crippen LogP contribution is -2.39. The molecule has 0 spiro atoms. The second-order valence-corrected chi connectivity index (χ2v) is 6.41. The number of hydrogen-bond acceptors (Lipinski definition) is 3. The van der Waals surface area contributed by atoms with Gasteiger partial charge in [0.15, 0.2) is 0 Å². The highest BCUT2D eigenvalue weighted by Gasteiger charge is 2.24. The fourth-order valence-corrected chi connectivity index (χ4v) is 2.74. The van der Waals surface area contributed by atoms with Crippen LogP contribution in [0.5, 0.6) is 0 Å². The number of hydrogen-bond donors (Lipinski definition) is 0. The van der Waals surface area contributed by atoms with Crippen LogP contribution in [0.25, 0.3) is 0 Å². The summed E-state index contributed by atoms with van der Waals surface area (Å²) in [6.07, 6.45) is 2.88. The molecule has 2 atom stereocenters. The highest BCUT2D eigenvalue weighted by molar-refractivity contribution is 9.09. The molecule has 0 aromatic carbocycles. The van der Waals surface area contributed by atoms with Gasteiger partial charge in [-0.25, -0.2) is 9.67 Å². The van der Waals surface area contributed by atoms with Crippen molar-refractivity contribution < 1.29 is 0 Å². The number of alkyl halides is 1. The van der Waals surface area contributed by atoms with Crippen molar-refractivity contribution in [1.82, 2.24) is 19.7 Å². The van der Waals surface area contributed by atoms with Gasteiger partial charge in [0.25, 0.3) is 0 Å². The van der Waals surface area contributed by atoms with Crippen LogP contribution in [-0.2, 0) is 6.54 Å². The quantitative estimate of drug-likeness (QED) is 0.804. The molecule has 0 saturated carbocycles. The summed E-state index contributed by atoms with van der Waals surface area (Å²) >= 11 is 3.74. The molecule has 0 aliphatic carbocycles. The molecule has 1 aliphatic rings. The Bertz CT molecular complexity index is 363. The van der Waals surface area contributed by atoms with E-state index in [1.807, 2.05) is 4.68 Å². The van der Waals surface area contributed by atoms with E-state index < -0.39 is 0 Å². The van der Waals surface area contributed by atoms with E-state index in [-0.39, 0.29) is 0 Å². The Balaban J connectivity index is 1.99. The normalized spacial score (nSPS) is 26.6. The molecule has 4 nitrogen and oxygen atoms in total. The lowest BCUT2D eigenvalue weighted by Gasteiger charge is -2.34. The van der Waals surface area contributed by atoms with E-state index in [1.165, 1.54) is 6.42 Å². The zero-order valence-electron chi connectivity index (χ0n) is 10.8. The van der Waals surface area contributed by atoms with Crippen LogP contribution in [0.2, 0.25) is 0 Å². The molecule has 17 heavy (non-hydrogen) atoms. The van der Waals surface area contributed by atoms with Gasteiger partial charge in [0, 0.05) is 17.4 Å². The van der Waals surface area contributed by atoms with Gasteiger partial charge in [-0.15, -0.1) is 0 Å². The number of piperidine rings is 1. The molecule has 1 fully saturated rings. The Morgan fingerprint density at radius 2 is 2.29 bits per heavy atom. The summed E-state index contributed by atoms with van der Waals surface area (Å²) in [4.78, 5) is 7.52. The molecule has 1 saturated heterocycles. The van der Waals surface area contributed by atoms with E-state index in [0.717, 1.165) is 25.5 Å². The number of rotatable bonds is 3. The minimum atomic E-state index is 0.388. The third-order valence-corrected chi connectivity index (χ3v) is 4.75. The second kappa shape index (κ2) is 5.48. The summed E-state index contributed by atoms with van der Waals surface area (Å²) in [5.74, 6) is 1.79. The molecule has 0 N–H and O–H groups in total. The van der Waals surface area contributed by atoms with Gasteiger partial charge in [-0.2, -0.15) is 5.10 Å². The highest BCUT2D eigenvalue weighted by atomic mass is 79.9. The number of likely N-dealkylation sites (tertiary alicyclic amines) is 1. The molecule has 0 amide bonds. The van der Waals surface area contributed by atoms with Crippen LogP contribution < -0.4 is 0 Å². The zero-order valence-corrected chi connectivity index (χ0v) is 12.4. The highest BCUT2D eigenvalue weighted by Crippen LogP contribution is 2.24. The van der Waals surface area contributed by atoms with Crippen molar-refractivity contribution in [3.05, 3.63) is 12.2 Å². The fourth-order valence-electron chi connectivity index (χ4n) is 2.37. The van der Waals surface area contributed by atoms with Crippen LogP contribution in [0.1, 0.15) is 39.1 Å².